The fourth-order valence-corrected chi connectivity index (χ4v) is 5.87. The van der Waals surface area contributed by atoms with Crippen LogP contribution in [0.4, 0.5) is 22.4 Å². The maximum atomic E-state index is 14.3. The van der Waals surface area contributed by atoms with Crippen molar-refractivity contribution < 1.29 is 36.7 Å². The molecule has 1 spiro atoms. The number of nitrogens with zero attached hydrogens (tertiary/aromatic N) is 3. The van der Waals surface area contributed by atoms with Crippen molar-refractivity contribution in [1.82, 2.24) is 20.0 Å². The van der Waals surface area contributed by atoms with Gasteiger partial charge in [-0.25, -0.2) is 9.18 Å². The Morgan fingerprint density at radius 3 is 2.24 bits per heavy atom. The van der Waals surface area contributed by atoms with Gasteiger partial charge in [-0.05, 0) is 49.8 Å². The highest BCUT2D eigenvalue weighted by atomic mass is 19.4. The summed E-state index contributed by atoms with van der Waals surface area (Å²) in [6, 6.07) is 0.0674. The molecule has 38 heavy (non-hydrogen) atoms. The highest BCUT2D eigenvalue weighted by Crippen LogP contribution is 2.42. The lowest BCUT2D eigenvalue weighted by atomic mass is 9.84. The van der Waals surface area contributed by atoms with E-state index in [1.807, 2.05) is 0 Å². The first kappa shape index (κ1) is 27.8. The van der Waals surface area contributed by atoms with Crippen LogP contribution >= 0.6 is 0 Å². The molecule has 12 heteroatoms. The van der Waals surface area contributed by atoms with Crippen LogP contribution in [0.25, 0.3) is 0 Å². The maximum absolute atomic E-state index is 14.3. The number of carbonyl (C=O) groups is 4. The number of halogens is 4. The van der Waals surface area contributed by atoms with Crippen LogP contribution in [0.2, 0.25) is 0 Å². The molecule has 1 unspecified atom stereocenters. The van der Waals surface area contributed by atoms with Gasteiger partial charge in [0.05, 0.1) is 11.1 Å². The van der Waals surface area contributed by atoms with Crippen LogP contribution in [0.3, 0.4) is 0 Å². The highest BCUT2D eigenvalue weighted by molar-refractivity contribution is 6.07. The van der Waals surface area contributed by atoms with Gasteiger partial charge in [0.2, 0.25) is 5.91 Å². The molecule has 208 valence electrons. The van der Waals surface area contributed by atoms with E-state index in [9.17, 15) is 36.7 Å². The van der Waals surface area contributed by atoms with Gasteiger partial charge in [-0.3, -0.25) is 19.3 Å². The summed E-state index contributed by atoms with van der Waals surface area (Å²) >= 11 is 0. The number of amides is 5. The maximum Gasteiger partial charge on any atom is 0.416 e. The Labute approximate surface area is 218 Å². The largest absolute Gasteiger partial charge is 0.416 e. The number of hydrogen-bond acceptors (Lipinski definition) is 4. The number of likely N-dealkylation sites (N-methyl/N-ethyl adjacent to an activating group) is 1. The molecule has 0 radical (unpaired) electrons. The summed E-state index contributed by atoms with van der Waals surface area (Å²) in [5.74, 6) is -3.47. The lowest BCUT2D eigenvalue weighted by molar-refractivity contribution is -0.142. The summed E-state index contributed by atoms with van der Waals surface area (Å²) in [5, 5.41) is 2.41. The SMILES string of the molecule is CC(C)C(NC(=O)c1cc(C(F)(F)F)ccc1F)C(=O)N1CCC2(CC1)C(=O)N(C)C(=O)N2C1CCCC1. The van der Waals surface area contributed by atoms with Crippen LogP contribution < -0.4 is 5.32 Å². The minimum absolute atomic E-state index is 0.0243. The third-order valence-corrected chi connectivity index (χ3v) is 8.01. The topological polar surface area (TPSA) is 90.0 Å². The zero-order valence-electron chi connectivity index (χ0n) is 21.6. The first-order valence-electron chi connectivity index (χ1n) is 12.9. The molecule has 1 saturated carbocycles. The van der Waals surface area contributed by atoms with Crippen molar-refractivity contribution in [2.24, 2.45) is 5.92 Å². The van der Waals surface area contributed by atoms with E-state index in [0.717, 1.165) is 30.6 Å². The van der Waals surface area contributed by atoms with E-state index in [4.69, 9.17) is 0 Å². The molecular formula is C26H32F4N4O4. The number of likely N-dealkylation sites (tertiary alicyclic amines) is 1. The van der Waals surface area contributed by atoms with Gasteiger partial charge in [0.1, 0.15) is 17.4 Å². The monoisotopic (exact) mass is 540 g/mol. The first-order valence-corrected chi connectivity index (χ1v) is 12.9. The number of carbonyl (C=O) groups excluding carboxylic acids is 4. The average molecular weight is 541 g/mol. The Bertz CT molecular complexity index is 1120. The first-order chi connectivity index (χ1) is 17.8. The van der Waals surface area contributed by atoms with Gasteiger partial charge >= 0.3 is 12.2 Å². The van der Waals surface area contributed by atoms with Gasteiger partial charge in [0.25, 0.3) is 11.8 Å². The summed E-state index contributed by atoms with van der Waals surface area (Å²) in [5.41, 5.74) is -3.00. The van der Waals surface area contributed by atoms with Crippen molar-refractivity contribution in [3.63, 3.8) is 0 Å². The molecule has 2 aliphatic heterocycles. The molecular weight excluding hydrogens is 508 g/mol. The molecule has 4 rings (SSSR count). The number of piperidine rings is 1. The van der Waals surface area contributed by atoms with Crippen LogP contribution in [-0.4, -0.2) is 76.2 Å². The highest BCUT2D eigenvalue weighted by Gasteiger charge is 2.59. The minimum Gasteiger partial charge on any atom is -0.341 e. The van der Waals surface area contributed by atoms with Gasteiger partial charge < -0.3 is 15.1 Å². The van der Waals surface area contributed by atoms with Crippen LogP contribution in [0.1, 0.15) is 68.3 Å². The quantitative estimate of drug-likeness (QED) is 0.455. The van der Waals surface area contributed by atoms with Crippen LogP contribution in [0.15, 0.2) is 18.2 Å². The summed E-state index contributed by atoms with van der Waals surface area (Å²) in [4.78, 5) is 56.7. The van der Waals surface area contributed by atoms with Gasteiger partial charge in [-0.2, -0.15) is 13.2 Å². The number of benzene rings is 1. The molecule has 2 heterocycles. The van der Waals surface area contributed by atoms with Gasteiger partial charge in [-0.15, -0.1) is 0 Å². The molecule has 3 aliphatic rings. The number of hydrogen-bond donors (Lipinski definition) is 1. The normalized spacial score (nSPS) is 21.1. The van der Waals surface area contributed by atoms with E-state index in [1.54, 1.807) is 18.7 Å². The molecule has 8 nitrogen and oxygen atoms in total. The van der Waals surface area contributed by atoms with Gasteiger partial charge in [-0.1, -0.05) is 26.7 Å². The lowest BCUT2D eigenvalue weighted by Gasteiger charge is -2.45. The summed E-state index contributed by atoms with van der Waals surface area (Å²) in [6.07, 6.45) is -0.671. The van der Waals surface area contributed by atoms with Crippen molar-refractivity contribution in [1.29, 1.82) is 0 Å². The van der Waals surface area contributed by atoms with Crippen molar-refractivity contribution in [2.75, 3.05) is 20.1 Å². The minimum atomic E-state index is -4.76. The fraction of sp³-hybridized carbons (Fsp3) is 0.615. The molecule has 5 amide bonds. The Balaban J connectivity index is 1.49. The predicted molar refractivity (Wildman–Crippen MR) is 128 cm³/mol. The number of urea groups is 1. The van der Waals surface area contributed by atoms with Gasteiger partial charge in [0, 0.05) is 26.2 Å². The molecule has 3 fully saturated rings. The van der Waals surface area contributed by atoms with Crippen LogP contribution in [0.5, 0.6) is 0 Å². The molecule has 1 aliphatic carbocycles. The van der Waals surface area contributed by atoms with Crippen LogP contribution in [-0.2, 0) is 15.8 Å². The molecule has 0 bridgehead atoms. The summed E-state index contributed by atoms with van der Waals surface area (Å²) in [7, 11) is 1.47. The second-order valence-electron chi connectivity index (χ2n) is 10.7. The van der Waals surface area contributed by atoms with E-state index in [0.29, 0.717) is 18.2 Å². The third-order valence-electron chi connectivity index (χ3n) is 8.01. The number of rotatable bonds is 5. The summed E-state index contributed by atoms with van der Waals surface area (Å²) in [6.45, 7) is 3.64. The Hall–Kier alpha value is -3.18. The van der Waals surface area contributed by atoms with Crippen molar-refractivity contribution in [3.05, 3.63) is 35.1 Å². The second-order valence-corrected chi connectivity index (χ2v) is 10.7. The van der Waals surface area contributed by atoms with E-state index in [2.05, 4.69) is 5.32 Å². The smallest absolute Gasteiger partial charge is 0.341 e. The van der Waals surface area contributed by atoms with Crippen LogP contribution in [0, 0.1) is 11.7 Å². The fourth-order valence-electron chi connectivity index (χ4n) is 5.87. The average Bonchev–Trinajstić information content (AvgIpc) is 3.44. The Morgan fingerprint density at radius 1 is 1.08 bits per heavy atom. The molecule has 1 atom stereocenters. The van der Waals surface area contributed by atoms with E-state index < -0.39 is 52.4 Å². The zero-order chi connectivity index (χ0) is 28.0. The summed E-state index contributed by atoms with van der Waals surface area (Å²) < 4.78 is 53.5. The van der Waals surface area contributed by atoms with E-state index in [1.165, 1.54) is 11.9 Å². The van der Waals surface area contributed by atoms with E-state index in [-0.39, 0.29) is 43.9 Å². The lowest BCUT2D eigenvalue weighted by Crippen LogP contribution is -2.61. The second kappa shape index (κ2) is 10.2. The molecule has 1 N–H and O–H groups in total. The van der Waals surface area contributed by atoms with Crippen molar-refractivity contribution in [3.8, 4) is 0 Å². The van der Waals surface area contributed by atoms with Crippen molar-refractivity contribution >= 4 is 23.8 Å². The predicted octanol–water partition coefficient (Wildman–Crippen LogP) is 3.80. The number of imide groups is 1. The molecule has 2 saturated heterocycles. The molecule has 0 aromatic heterocycles. The standard InChI is InChI=1S/C26H32F4N4O4/c1-15(2)20(31-21(35)18-14-16(26(28,29)30)8-9-19(18)27)22(36)33-12-10-25(11-13-33)23(37)32(3)24(38)34(25)17-6-4-5-7-17/h8-9,14-15,17,20H,4-7,10-13H2,1-3H3,(H,31,35). The Morgan fingerprint density at radius 2 is 1.68 bits per heavy atom. The Kier molecular flexibility index (Phi) is 7.46. The molecule has 1 aromatic rings. The third kappa shape index (κ3) is 4.84. The number of alkyl halides is 3. The van der Waals surface area contributed by atoms with Gasteiger partial charge in [0.15, 0.2) is 0 Å². The van der Waals surface area contributed by atoms with Crippen molar-refractivity contribution in [2.45, 2.75) is 76.2 Å². The number of nitrogens with one attached hydrogen (secondary N) is 1. The molecule has 1 aromatic carbocycles. The zero-order valence-corrected chi connectivity index (χ0v) is 21.6. The van der Waals surface area contributed by atoms with E-state index >= 15 is 0 Å².